The summed E-state index contributed by atoms with van der Waals surface area (Å²) in [6.07, 6.45) is 8.29. The Balaban J connectivity index is 1.28. The molecule has 0 atom stereocenters. The lowest BCUT2D eigenvalue weighted by molar-refractivity contribution is -0.135. The molecule has 152 valence electrons. The molecule has 2 saturated heterocycles. The smallest absolute Gasteiger partial charge is 0.236 e. The van der Waals surface area contributed by atoms with Gasteiger partial charge in [0, 0.05) is 45.8 Å². The Morgan fingerprint density at radius 1 is 0.963 bits per heavy atom. The van der Waals surface area contributed by atoms with E-state index in [4.69, 9.17) is 4.74 Å². The lowest BCUT2D eigenvalue weighted by Gasteiger charge is -2.36. The Labute approximate surface area is 162 Å². The molecule has 0 unspecified atom stereocenters. The van der Waals surface area contributed by atoms with Gasteiger partial charge in [-0.05, 0) is 32.1 Å². The molecular weight excluding hydrogens is 344 g/mol. The highest BCUT2D eigenvalue weighted by Gasteiger charge is 2.24. The maximum atomic E-state index is 12.4. The molecule has 2 aliphatic heterocycles. The van der Waals surface area contributed by atoms with Crippen molar-refractivity contribution in [1.82, 2.24) is 20.0 Å². The summed E-state index contributed by atoms with van der Waals surface area (Å²) in [5.74, 6) is 0.293. The highest BCUT2D eigenvalue weighted by atomic mass is 16.5. The lowest BCUT2D eigenvalue weighted by Crippen LogP contribution is -2.53. The van der Waals surface area contributed by atoms with Crippen molar-refractivity contribution >= 4 is 11.8 Å². The van der Waals surface area contributed by atoms with E-state index in [-0.39, 0.29) is 11.8 Å². The second-order valence-electron chi connectivity index (χ2n) is 7.75. The van der Waals surface area contributed by atoms with Gasteiger partial charge in [-0.25, -0.2) is 0 Å². The van der Waals surface area contributed by atoms with E-state index in [1.807, 2.05) is 4.90 Å². The van der Waals surface area contributed by atoms with Crippen LogP contribution < -0.4 is 5.32 Å². The SMILES string of the molecule is O=C(CN1CCN(C(=O)CN2CCOCC2)CC1)NCCC1=CCCCC1. The van der Waals surface area contributed by atoms with Crippen LogP contribution in [0.2, 0.25) is 0 Å². The summed E-state index contributed by atoms with van der Waals surface area (Å²) in [5.41, 5.74) is 1.49. The van der Waals surface area contributed by atoms with Crippen LogP contribution in [0.25, 0.3) is 0 Å². The van der Waals surface area contributed by atoms with Gasteiger partial charge in [-0.15, -0.1) is 0 Å². The zero-order valence-corrected chi connectivity index (χ0v) is 16.5. The van der Waals surface area contributed by atoms with Crippen molar-refractivity contribution in [3.63, 3.8) is 0 Å². The molecule has 0 spiro atoms. The molecule has 0 aromatic carbocycles. The fourth-order valence-corrected chi connectivity index (χ4v) is 3.96. The summed E-state index contributed by atoms with van der Waals surface area (Å²) in [4.78, 5) is 30.8. The molecule has 3 rings (SSSR count). The van der Waals surface area contributed by atoms with Crippen molar-refractivity contribution in [2.75, 3.05) is 72.1 Å². The molecule has 2 heterocycles. The second-order valence-corrected chi connectivity index (χ2v) is 7.75. The number of carbonyl (C=O) groups is 2. The third kappa shape index (κ3) is 6.90. The topological polar surface area (TPSA) is 65.1 Å². The van der Waals surface area contributed by atoms with E-state index >= 15 is 0 Å². The van der Waals surface area contributed by atoms with Gasteiger partial charge in [0.1, 0.15) is 0 Å². The zero-order chi connectivity index (χ0) is 18.9. The fourth-order valence-electron chi connectivity index (χ4n) is 3.96. The molecule has 27 heavy (non-hydrogen) atoms. The summed E-state index contributed by atoms with van der Waals surface area (Å²) < 4.78 is 5.33. The number of carbonyl (C=O) groups excluding carboxylic acids is 2. The van der Waals surface area contributed by atoms with Crippen molar-refractivity contribution in [2.24, 2.45) is 0 Å². The number of nitrogens with zero attached hydrogens (tertiary/aromatic N) is 3. The number of nitrogens with one attached hydrogen (secondary N) is 1. The normalized spacial score (nSPS) is 22.4. The number of hydrogen-bond donors (Lipinski definition) is 1. The fraction of sp³-hybridized carbons (Fsp3) is 0.800. The van der Waals surface area contributed by atoms with Gasteiger partial charge in [-0.1, -0.05) is 11.6 Å². The Morgan fingerprint density at radius 2 is 1.70 bits per heavy atom. The van der Waals surface area contributed by atoms with Crippen LogP contribution in [0, 0.1) is 0 Å². The third-order valence-electron chi connectivity index (χ3n) is 5.71. The lowest BCUT2D eigenvalue weighted by atomic mass is 9.97. The maximum Gasteiger partial charge on any atom is 0.236 e. The number of piperazine rings is 1. The highest BCUT2D eigenvalue weighted by molar-refractivity contribution is 5.79. The molecule has 1 aliphatic carbocycles. The minimum absolute atomic E-state index is 0.0968. The van der Waals surface area contributed by atoms with Crippen LogP contribution in [-0.2, 0) is 14.3 Å². The number of amides is 2. The van der Waals surface area contributed by atoms with Gasteiger partial charge in [-0.3, -0.25) is 19.4 Å². The van der Waals surface area contributed by atoms with E-state index in [2.05, 4.69) is 21.2 Å². The molecule has 3 aliphatic rings. The van der Waals surface area contributed by atoms with Crippen LogP contribution in [0.4, 0.5) is 0 Å². The molecule has 0 aromatic rings. The van der Waals surface area contributed by atoms with Gasteiger partial charge in [0.05, 0.1) is 26.3 Å². The predicted octanol–water partition coefficient (Wildman–Crippen LogP) is 0.470. The van der Waals surface area contributed by atoms with Crippen molar-refractivity contribution < 1.29 is 14.3 Å². The zero-order valence-electron chi connectivity index (χ0n) is 16.5. The molecule has 0 radical (unpaired) electrons. The monoisotopic (exact) mass is 378 g/mol. The first kappa shape index (κ1) is 20.3. The molecule has 7 heteroatoms. The van der Waals surface area contributed by atoms with Gasteiger partial charge in [-0.2, -0.15) is 0 Å². The van der Waals surface area contributed by atoms with E-state index in [1.54, 1.807) is 0 Å². The second kappa shape index (κ2) is 10.8. The largest absolute Gasteiger partial charge is 0.379 e. The van der Waals surface area contributed by atoms with E-state index in [0.29, 0.717) is 39.4 Å². The summed E-state index contributed by atoms with van der Waals surface area (Å²) in [7, 11) is 0. The van der Waals surface area contributed by atoms with E-state index < -0.39 is 0 Å². The van der Waals surface area contributed by atoms with Crippen LogP contribution in [0.15, 0.2) is 11.6 Å². The molecule has 2 amide bonds. The predicted molar refractivity (Wildman–Crippen MR) is 104 cm³/mol. The Kier molecular flexibility index (Phi) is 8.10. The van der Waals surface area contributed by atoms with Crippen LogP contribution in [0.3, 0.4) is 0 Å². The Morgan fingerprint density at radius 3 is 2.41 bits per heavy atom. The van der Waals surface area contributed by atoms with Crippen LogP contribution >= 0.6 is 0 Å². The van der Waals surface area contributed by atoms with Gasteiger partial charge in [0.15, 0.2) is 0 Å². The average Bonchev–Trinajstić information content (AvgIpc) is 2.70. The van der Waals surface area contributed by atoms with Crippen LogP contribution in [-0.4, -0.2) is 98.6 Å². The molecule has 7 nitrogen and oxygen atoms in total. The molecule has 0 saturated carbocycles. The van der Waals surface area contributed by atoms with Gasteiger partial charge >= 0.3 is 0 Å². The van der Waals surface area contributed by atoms with Gasteiger partial charge < -0.3 is 15.0 Å². The first-order chi connectivity index (χ1) is 13.2. The number of ether oxygens (including phenoxy) is 1. The molecular formula is C20H34N4O3. The summed E-state index contributed by atoms with van der Waals surface area (Å²) in [6, 6.07) is 0. The minimum atomic E-state index is 0.0968. The number of rotatable bonds is 7. The number of allylic oxidation sites excluding steroid dienone is 1. The quantitative estimate of drug-likeness (QED) is 0.653. The van der Waals surface area contributed by atoms with E-state index in [9.17, 15) is 9.59 Å². The Hall–Kier alpha value is -1.44. The minimum Gasteiger partial charge on any atom is -0.379 e. The highest BCUT2D eigenvalue weighted by Crippen LogP contribution is 2.19. The Bertz CT molecular complexity index is 523. The van der Waals surface area contributed by atoms with Gasteiger partial charge in [0.25, 0.3) is 0 Å². The van der Waals surface area contributed by atoms with Crippen molar-refractivity contribution in [3.8, 4) is 0 Å². The van der Waals surface area contributed by atoms with Crippen molar-refractivity contribution in [2.45, 2.75) is 32.1 Å². The van der Waals surface area contributed by atoms with E-state index in [0.717, 1.165) is 39.1 Å². The van der Waals surface area contributed by atoms with Crippen LogP contribution in [0.1, 0.15) is 32.1 Å². The average molecular weight is 379 g/mol. The molecule has 1 N–H and O–H groups in total. The summed E-state index contributed by atoms with van der Waals surface area (Å²) >= 11 is 0. The van der Waals surface area contributed by atoms with Crippen LogP contribution in [0.5, 0.6) is 0 Å². The number of hydrogen-bond acceptors (Lipinski definition) is 5. The summed E-state index contributed by atoms with van der Waals surface area (Å²) in [5, 5.41) is 3.04. The third-order valence-corrected chi connectivity index (χ3v) is 5.71. The summed E-state index contributed by atoms with van der Waals surface area (Å²) in [6.45, 7) is 7.73. The molecule has 0 bridgehead atoms. The molecule has 2 fully saturated rings. The standard InChI is InChI=1S/C20H34N4O3/c25-19(21-7-6-18-4-2-1-3-5-18)16-22-8-10-24(11-9-22)20(26)17-23-12-14-27-15-13-23/h4H,1-3,5-17H2,(H,21,25). The molecule has 0 aromatic heterocycles. The first-order valence-electron chi connectivity index (χ1n) is 10.5. The number of morpholine rings is 1. The maximum absolute atomic E-state index is 12.4. The van der Waals surface area contributed by atoms with Crippen molar-refractivity contribution in [3.05, 3.63) is 11.6 Å². The van der Waals surface area contributed by atoms with E-state index in [1.165, 1.54) is 31.3 Å². The van der Waals surface area contributed by atoms with Gasteiger partial charge in [0.2, 0.25) is 11.8 Å². The first-order valence-corrected chi connectivity index (χ1v) is 10.5. The van der Waals surface area contributed by atoms with Crippen molar-refractivity contribution in [1.29, 1.82) is 0 Å².